The second-order valence-electron chi connectivity index (χ2n) is 2.92. The van der Waals surface area contributed by atoms with Gasteiger partial charge in [-0.25, -0.2) is 4.21 Å². The summed E-state index contributed by atoms with van der Waals surface area (Å²) in [7, 11) is -2.20. The third-order valence-electron chi connectivity index (χ3n) is 2.27. The summed E-state index contributed by atoms with van der Waals surface area (Å²) in [6, 6.07) is 0. The Balaban J connectivity index is 2.63. The molecule has 3 heteroatoms. The molecule has 1 aliphatic carbocycles. The predicted octanol–water partition coefficient (Wildman–Crippen LogP) is 2.00. The van der Waals surface area contributed by atoms with Crippen molar-refractivity contribution in [3.8, 4) is 0 Å². The van der Waals surface area contributed by atoms with E-state index >= 15 is 0 Å². The number of nitrogens with one attached hydrogen (secondary N) is 1. The Hall–Kier alpha value is -0.0500. The minimum absolute atomic E-state index is 0.220. The summed E-state index contributed by atoms with van der Waals surface area (Å²) < 4.78 is 18.9. The molecule has 1 atom stereocenters. The second-order valence-corrected chi connectivity index (χ2v) is 5.62. The maximum atomic E-state index is 11.4. The molecule has 0 saturated heterocycles. The minimum atomic E-state index is -2.20. The number of rotatable bonds is 2. The van der Waals surface area contributed by atoms with E-state index in [9.17, 15) is 4.21 Å². The first-order chi connectivity index (χ1) is 4.67. The van der Waals surface area contributed by atoms with E-state index < -0.39 is 9.73 Å². The van der Waals surface area contributed by atoms with E-state index in [0.29, 0.717) is 5.75 Å². The van der Waals surface area contributed by atoms with Crippen molar-refractivity contribution in [2.75, 3.05) is 5.75 Å². The Morgan fingerprint density at radius 3 is 2.40 bits per heavy atom. The summed E-state index contributed by atoms with van der Waals surface area (Å²) in [5.41, 5.74) is 0. The Morgan fingerprint density at radius 1 is 1.50 bits per heavy atom. The Labute approximate surface area is 63.0 Å². The highest BCUT2D eigenvalue weighted by molar-refractivity contribution is 7.93. The summed E-state index contributed by atoms with van der Waals surface area (Å²) in [6.45, 7) is 1.85. The summed E-state index contributed by atoms with van der Waals surface area (Å²) in [4.78, 5) is 0. The van der Waals surface area contributed by atoms with Crippen LogP contribution in [0.1, 0.15) is 32.6 Å². The van der Waals surface area contributed by atoms with Gasteiger partial charge in [0, 0.05) is 20.7 Å². The van der Waals surface area contributed by atoms with Gasteiger partial charge in [0.2, 0.25) is 0 Å². The third kappa shape index (κ3) is 1.51. The molecule has 10 heavy (non-hydrogen) atoms. The molecule has 0 bridgehead atoms. The maximum absolute atomic E-state index is 11.4. The molecule has 0 heterocycles. The third-order valence-corrected chi connectivity index (χ3v) is 4.68. The predicted molar refractivity (Wildman–Crippen MR) is 43.7 cm³/mol. The molecule has 1 aliphatic rings. The molecule has 1 fully saturated rings. The molecule has 0 aromatic rings. The molecule has 60 valence electrons. The van der Waals surface area contributed by atoms with Crippen molar-refractivity contribution in [3.63, 3.8) is 0 Å². The molecule has 0 amide bonds. The molecule has 0 radical (unpaired) electrons. The summed E-state index contributed by atoms with van der Waals surface area (Å²) in [5, 5.41) is 0.220. The van der Waals surface area contributed by atoms with Crippen LogP contribution < -0.4 is 0 Å². The summed E-state index contributed by atoms with van der Waals surface area (Å²) in [5.74, 6) is 0.539. The molecule has 0 spiro atoms. The van der Waals surface area contributed by atoms with Gasteiger partial charge in [-0.15, -0.1) is 0 Å². The van der Waals surface area contributed by atoms with Gasteiger partial charge in [0.25, 0.3) is 0 Å². The molecule has 1 rings (SSSR count). The first-order valence-corrected chi connectivity index (χ1v) is 5.71. The lowest BCUT2D eigenvalue weighted by molar-refractivity contribution is 0.660. The van der Waals surface area contributed by atoms with Crippen LogP contribution in [0.25, 0.3) is 0 Å². The lowest BCUT2D eigenvalue weighted by Gasteiger charge is -2.10. The van der Waals surface area contributed by atoms with Gasteiger partial charge in [0.15, 0.2) is 0 Å². The molecule has 0 aliphatic heterocycles. The summed E-state index contributed by atoms with van der Waals surface area (Å²) >= 11 is 0. The lowest BCUT2D eigenvalue weighted by atomic mass is 10.4. The van der Waals surface area contributed by atoms with Crippen molar-refractivity contribution in [3.05, 3.63) is 0 Å². The van der Waals surface area contributed by atoms with Crippen LogP contribution in [-0.4, -0.2) is 15.2 Å². The van der Waals surface area contributed by atoms with Crippen molar-refractivity contribution in [1.29, 1.82) is 4.78 Å². The van der Waals surface area contributed by atoms with Crippen molar-refractivity contribution in [2.24, 2.45) is 0 Å². The largest absolute Gasteiger partial charge is 0.253 e. The Kier molecular flexibility index (Phi) is 2.34. The highest BCUT2D eigenvalue weighted by Gasteiger charge is 2.23. The standard InChI is InChI=1S/C7H15NOS/c1-2-10(8,9)7-5-3-4-6-7/h7-8H,2-6H2,1H3/t10-/m1/s1. The van der Waals surface area contributed by atoms with Crippen molar-refractivity contribution in [1.82, 2.24) is 0 Å². The van der Waals surface area contributed by atoms with Gasteiger partial charge in [-0.3, -0.25) is 4.78 Å². The van der Waals surface area contributed by atoms with Gasteiger partial charge in [0.1, 0.15) is 0 Å². The average Bonchev–Trinajstić information content (AvgIpc) is 2.38. The van der Waals surface area contributed by atoms with Crippen molar-refractivity contribution < 1.29 is 4.21 Å². The van der Waals surface area contributed by atoms with E-state index in [2.05, 4.69) is 0 Å². The quantitative estimate of drug-likeness (QED) is 0.661. The molecule has 1 N–H and O–H groups in total. The van der Waals surface area contributed by atoms with Gasteiger partial charge >= 0.3 is 0 Å². The number of hydrogen-bond acceptors (Lipinski definition) is 2. The van der Waals surface area contributed by atoms with E-state index in [1.165, 1.54) is 12.8 Å². The van der Waals surface area contributed by atoms with Crippen LogP contribution in [0.5, 0.6) is 0 Å². The van der Waals surface area contributed by atoms with Crippen LogP contribution in [0.3, 0.4) is 0 Å². The zero-order valence-corrected chi connectivity index (χ0v) is 7.25. The van der Waals surface area contributed by atoms with Gasteiger partial charge in [-0.1, -0.05) is 19.8 Å². The topological polar surface area (TPSA) is 40.9 Å². The van der Waals surface area contributed by atoms with Crippen LogP contribution in [0, 0.1) is 4.78 Å². The molecule has 2 nitrogen and oxygen atoms in total. The molecular formula is C7H15NOS. The average molecular weight is 161 g/mol. The van der Waals surface area contributed by atoms with Gasteiger partial charge < -0.3 is 0 Å². The highest BCUT2D eigenvalue weighted by Crippen LogP contribution is 2.25. The van der Waals surface area contributed by atoms with Crippen molar-refractivity contribution in [2.45, 2.75) is 37.9 Å². The van der Waals surface area contributed by atoms with E-state index in [1.54, 1.807) is 0 Å². The molecule has 0 aromatic heterocycles. The maximum Gasteiger partial charge on any atom is 0.0467 e. The smallest absolute Gasteiger partial charge is 0.0467 e. The summed E-state index contributed by atoms with van der Waals surface area (Å²) in [6.07, 6.45) is 4.41. The van der Waals surface area contributed by atoms with Gasteiger partial charge in [0.05, 0.1) is 0 Å². The lowest BCUT2D eigenvalue weighted by Crippen LogP contribution is -2.17. The van der Waals surface area contributed by atoms with Crippen LogP contribution in [0.4, 0.5) is 0 Å². The molecule has 1 saturated carbocycles. The highest BCUT2D eigenvalue weighted by atomic mass is 32.2. The normalized spacial score (nSPS) is 26.5. The first-order valence-electron chi connectivity index (χ1n) is 3.92. The fraction of sp³-hybridized carbons (Fsp3) is 1.00. The fourth-order valence-electron chi connectivity index (χ4n) is 1.50. The van der Waals surface area contributed by atoms with Gasteiger partial charge in [-0.05, 0) is 12.8 Å². The Bertz CT molecular complexity index is 190. The van der Waals surface area contributed by atoms with E-state index in [-0.39, 0.29) is 5.25 Å². The zero-order chi connectivity index (χ0) is 7.61. The van der Waals surface area contributed by atoms with Gasteiger partial charge in [-0.2, -0.15) is 0 Å². The number of hydrogen-bond donors (Lipinski definition) is 1. The van der Waals surface area contributed by atoms with Crippen molar-refractivity contribution >= 4 is 9.73 Å². The SMILES string of the molecule is CC[S@@](=N)(=O)C1CCCC1. The van der Waals surface area contributed by atoms with E-state index in [0.717, 1.165) is 12.8 Å². The van der Waals surface area contributed by atoms with Crippen LogP contribution >= 0.6 is 0 Å². The van der Waals surface area contributed by atoms with Crippen LogP contribution in [-0.2, 0) is 9.73 Å². The molecule has 0 aromatic carbocycles. The van der Waals surface area contributed by atoms with E-state index in [1.807, 2.05) is 6.92 Å². The Morgan fingerprint density at radius 2 is 2.00 bits per heavy atom. The second kappa shape index (κ2) is 2.91. The van der Waals surface area contributed by atoms with E-state index in [4.69, 9.17) is 4.78 Å². The van der Waals surface area contributed by atoms with Crippen LogP contribution in [0.15, 0.2) is 0 Å². The zero-order valence-electron chi connectivity index (χ0n) is 6.43. The first kappa shape index (κ1) is 8.05. The van der Waals surface area contributed by atoms with Crippen LogP contribution in [0.2, 0.25) is 0 Å². The molecule has 0 unspecified atom stereocenters. The monoisotopic (exact) mass is 161 g/mol. The molecular weight excluding hydrogens is 146 g/mol. The minimum Gasteiger partial charge on any atom is -0.253 e. The fourth-order valence-corrected chi connectivity index (χ4v) is 3.07.